The second kappa shape index (κ2) is 16.5. The number of likely N-dealkylation sites (tertiary alicyclic amines) is 2. The van der Waals surface area contributed by atoms with E-state index in [-0.39, 0.29) is 36.4 Å². The predicted octanol–water partition coefficient (Wildman–Crippen LogP) is 5.11. The summed E-state index contributed by atoms with van der Waals surface area (Å²) in [6.45, 7) is 6.14. The van der Waals surface area contributed by atoms with Crippen LogP contribution < -0.4 is 10.6 Å². The Balaban J connectivity index is 1.11. The number of carbonyl (C=O) groups is 4. The molecule has 5 atom stereocenters. The number of aliphatic hydroxyl groups is 1. The van der Waals surface area contributed by atoms with E-state index < -0.39 is 30.2 Å². The zero-order chi connectivity index (χ0) is 38.5. The molecule has 0 bridgehead atoms. The Labute approximate surface area is 313 Å². The van der Waals surface area contributed by atoms with Crippen molar-refractivity contribution in [2.24, 2.45) is 11.8 Å². The minimum Gasteiger partial charge on any atom is -0.465 e. The normalized spacial score (nSPS) is 18.7. The van der Waals surface area contributed by atoms with Crippen LogP contribution in [0.25, 0.3) is 33.6 Å². The average molecular weight is 741 g/mol. The minimum atomic E-state index is -1.22. The van der Waals surface area contributed by atoms with Gasteiger partial charge in [-0.2, -0.15) is 0 Å². The molecule has 286 valence electrons. The largest absolute Gasteiger partial charge is 0.465 e. The summed E-state index contributed by atoms with van der Waals surface area (Å²) in [6, 6.07) is 13.9. The number of benzene rings is 2. The number of alkyl carbamates (subject to hydrolysis) is 1. The number of nitrogens with zero attached hydrogens (tertiary/aromatic N) is 4. The van der Waals surface area contributed by atoms with Gasteiger partial charge in [0.2, 0.25) is 11.8 Å². The van der Waals surface area contributed by atoms with Crippen LogP contribution >= 0.6 is 0 Å². The second-order valence-electron chi connectivity index (χ2n) is 14.3. The monoisotopic (exact) mass is 740 g/mol. The Morgan fingerprint density at radius 2 is 1.20 bits per heavy atom. The Morgan fingerprint density at radius 1 is 0.759 bits per heavy atom. The first-order valence-electron chi connectivity index (χ1n) is 18.4. The number of hydrogen-bond acceptors (Lipinski definition) is 8. The first kappa shape index (κ1) is 38.0. The van der Waals surface area contributed by atoms with E-state index in [1.807, 2.05) is 62.4 Å². The summed E-state index contributed by atoms with van der Waals surface area (Å²) in [5.74, 6) is 0.122. The van der Waals surface area contributed by atoms with Gasteiger partial charge in [-0.3, -0.25) is 9.59 Å². The topological polar surface area (TPSA) is 206 Å². The van der Waals surface area contributed by atoms with Crippen LogP contribution in [0.4, 0.5) is 9.59 Å². The molecule has 2 aliphatic rings. The van der Waals surface area contributed by atoms with Crippen molar-refractivity contribution in [3.05, 3.63) is 72.6 Å². The average Bonchev–Trinajstić information content (AvgIpc) is 4.02. The van der Waals surface area contributed by atoms with Crippen LogP contribution in [0.1, 0.15) is 70.2 Å². The summed E-state index contributed by atoms with van der Waals surface area (Å²) < 4.78 is 4.71. The lowest BCUT2D eigenvalue weighted by molar-refractivity contribution is -0.136. The molecule has 4 amide bonds. The standard InChI is InChI=1S/C39H48N8O7/c1-22(2)32(44-38(51)52)36(49)46-17-5-7-30(46)34-40-19-28(42-34)26-13-9-24(10-14-26)25-11-15-27(16-12-25)29-20-41-35(43-29)31-8-6-18-47(31)37(50)33(23(3)21-48)45-39(53)54-4/h9-16,19-20,22-23,30-33,44,48H,5-8,17-18,21H2,1-4H3,(H,40,42)(H,41,43)(H,45,53)(H,51,52)/t23-,30-,31-,32-,33-/m0/s1. The van der Waals surface area contributed by atoms with Crippen molar-refractivity contribution in [3.8, 4) is 33.6 Å². The fourth-order valence-electron chi connectivity index (χ4n) is 7.36. The maximum Gasteiger partial charge on any atom is 0.407 e. The smallest absolute Gasteiger partial charge is 0.407 e. The molecular formula is C39H48N8O7. The van der Waals surface area contributed by atoms with Crippen LogP contribution in [-0.2, 0) is 14.3 Å². The maximum absolute atomic E-state index is 13.6. The van der Waals surface area contributed by atoms with Gasteiger partial charge in [0.1, 0.15) is 23.7 Å². The lowest BCUT2D eigenvalue weighted by Crippen LogP contribution is -2.52. The number of imidazole rings is 2. The van der Waals surface area contributed by atoms with E-state index in [0.29, 0.717) is 24.7 Å². The van der Waals surface area contributed by atoms with Crippen molar-refractivity contribution in [2.45, 2.75) is 70.6 Å². The molecular weight excluding hydrogens is 692 g/mol. The molecule has 2 saturated heterocycles. The molecule has 4 heterocycles. The summed E-state index contributed by atoms with van der Waals surface area (Å²) in [7, 11) is 1.23. The molecule has 0 spiro atoms. The molecule has 2 aliphatic heterocycles. The van der Waals surface area contributed by atoms with Gasteiger partial charge in [0, 0.05) is 25.6 Å². The number of H-pyrrole nitrogens is 2. The maximum atomic E-state index is 13.6. The highest BCUT2D eigenvalue weighted by atomic mass is 16.5. The number of nitrogens with one attached hydrogen (secondary N) is 4. The van der Waals surface area contributed by atoms with Crippen molar-refractivity contribution in [2.75, 3.05) is 26.8 Å². The van der Waals surface area contributed by atoms with Crippen molar-refractivity contribution < 1.29 is 34.1 Å². The number of methoxy groups -OCH3 is 1. The number of ether oxygens (including phenoxy) is 1. The third-order valence-corrected chi connectivity index (χ3v) is 10.4. The molecule has 0 radical (unpaired) electrons. The first-order chi connectivity index (χ1) is 26.0. The van der Waals surface area contributed by atoms with E-state index in [4.69, 9.17) is 4.74 Å². The number of carbonyl (C=O) groups excluding carboxylic acids is 3. The molecule has 6 N–H and O–H groups in total. The molecule has 2 aromatic carbocycles. The van der Waals surface area contributed by atoms with Crippen molar-refractivity contribution in [3.63, 3.8) is 0 Å². The van der Waals surface area contributed by atoms with Crippen LogP contribution in [0, 0.1) is 11.8 Å². The van der Waals surface area contributed by atoms with E-state index in [1.54, 1.807) is 29.1 Å². The van der Waals surface area contributed by atoms with Crippen LogP contribution in [0.3, 0.4) is 0 Å². The van der Waals surface area contributed by atoms with Gasteiger partial charge in [-0.25, -0.2) is 19.6 Å². The van der Waals surface area contributed by atoms with Gasteiger partial charge in [-0.05, 0) is 53.9 Å². The lowest BCUT2D eigenvalue weighted by atomic mass is 10.0. The van der Waals surface area contributed by atoms with Gasteiger partial charge < -0.3 is 45.4 Å². The SMILES string of the molecule is COC(=O)N[C@H](C(=O)N1CCC[C@H]1c1ncc(-c2ccc(-c3ccc(-c4cnc([C@@H]5CCCN5C(=O)[C@@H](NC(=O)O)C(C)C)[nH]4)cc3)cc2)[nH]1)[C@@H](C)CO. The highest BCUT2D eigenvalue weighted by molar-refractivity contribution is 5.87. The van der Waals surface area contributed by atoms with E-state index in [9.17, 15) is 29.4 Å². The van der Waals surface area contributed by atoms with Gasteiger partial charge in [-0.1, -0.05) is 69.3 Å². The zero-order valence-electron chi connectivity index (χ0n) is 30.9. The molecule has 0 saturated carbocycles. The summed E-state index contributed by atoms with van der Waals surface area (Å²) >= 11 is 0. The van der Waals surface area contributed by atoms with Crippen LogP contribution in [0.5, 0.6) is 0 Å². The molecule has 15 nitrogen and oxygen atoms in total. The molecule has 0 aliphatic carbocycles. The number of aliphatic hydroxyl groups excluding tert-OH is 1. The predicted molar refractivity (Wildman–Crippen MR) is 200 cm³/mol. The molecule has 2 aromatic heterocycles. The third kappa shape index (κ3) is 8.10. The van der Waals surface area contributed by atoms with E-state index >= 15 is 0 Å². The molecule has 4 aromatic rings. The molecule has 6 rings (SSSR count). The van der Waals surface area contributed by atoms with E-state index in [0.717, 1.165) is 59.3 Å². The number of aromatic nitrogens is 4. The van der Waals surface area contributed by atoms with Gasteiger partial charge in [0.15, 0.2) is 0 Å². The van der Waals surface area contributed by atoms with E-state index in [1.165, 1.54) is 7.11 Å². The molecule has 15 heteroatoms. The van der Waals surface area contributed by atoms with Crippen molar-refractivity contribution in [1.29, 1.82) is 0 Å². The number of aromatic amines is 2. The summed E-state index contributed by atoms with van der Waals surface area (Å²) in [6.07, 6.45) is 4.63. The first-order valence-corrected chi connectivity index (χ1v) is 18.4. The minimum absolute atomic E-state index is 0.192. The van der Waals surface area contributed by atoms with Gasteiger partial charge in [0.05, 0.1) is 43.0 Å². The molecule has 2 fully saturated rings. The Morgan fingerprint density at radius 3 is 1.61 bits per heavy atom. The van der Waals surface area contributed by atoms with E-state index in [2.05, 4.69) is 30.6 Å². The van der Waals surface area contributed by atoms with Crippen LogP contribution in [-0.4, -0.2) is 103 Å². The van der Waals surface area contributed by atoms with Crippen molar-refractivity contribution >= 4 is 24.0 Å². The summed E-state index contributed by atoms with van der Waals surface area (Å²) in [4.78, 5) is 69.7. The number of carboxylic acid groups (broad SMARTS) is 1. The second-order valence-corrected chi connectivity index (χ2v) is 14.3. The zero-order valence-corrected chi connectivity index (χ0v) is 30.9. The van der Waals surface area contributed by atoms with Gasteiger partial charge in [-0.15, -0.1) is 0 Å². The Kier molecular flexibility index (Phi) is 11.6. The van der Waals surface area contributed by atoms with Crippen molar-refractivity contribution in [1.82, 2.24) is 40.4 Å². The molecule has 0 unspecified atom stereocenters. The van der Waals surface area contributed by atoms with Gasteiger partial charge in [0.25, 0.3) is 0 Å². The number of rotatable bonds is 12. The fraction of sp³-hybridized carbons (Fsp3) is 0.436. The highest BCUT2D eigenvalue weighted by Gasteiger charge is 2.39. The van der Waals surface area contributed by atoms with Gasteiger partial charge >= 0.3 is 12.2 Å². The fourth-order valence-corrected chi connectivity index (χ4v) is 7.36. The van der Waals surface area contributed by atoms with Crippen LogP contribution in [0.15, 0.2) is 60.9 Å². The number of hydrogen-bond donors (Lipinski definition) is 6. The Bertz CT molecular complexity index is 1940. The quantitative estimate of drug-likeness (QED) is 0.114. The highest BCUT2D eigenvalue weighted by Crippen LogP contribution is 2.35. The Hall–Kier alpha value is -5.70. The number of amides is 4. The summed E-state index contributed by atoms with van der Waals surface area (Å²) in [5.41, 5.74) is 5.58. The summed E-state index contributed by atoms with van der Waals surface area (Å²) in [5, 5.41) is 24.0. The van der Waals surface area contributed by atoms with Crippen LogP contribution in [0.2, 0.25) is 0 Å². The lowest BCUT2D eigenvalue weighted by Gasteiger charge is -2.30. The molecule has 54 heavy (non-hydrogen) atoms. The third-order valence-electron chi connectivity index (χ3n) is 10.4.